The molecule has 7 heteroatoms. The van der Waals surface area contributed by atoms with E-state index in [4.69, 9.17) is 26.2 Å². The van der Waals surface area contributed by atoms with Crippen molar-refractivity contribution < 1.29 is 19.4 Å². The van der Waals surface area contributed by atoms with Crippen LogP contribution in [0.15, 0.2) is 22.7 Å². The Morgan fingerprint density at radius 3 is 2.90 bits per heavy atom. The van der Waals surface area contributed by atoms with Crippen LogP contribution in [0, 0.1) is 0 Å². The van der Waals surface area contributed by atoms with E-state index >= 15 is 0 Å². The lowest BCUT2D eigenvalue weighted by Crippen LogP contribution is -2.30. The van der Waals surface area contributed by atoms with Gasteiger partial charge in [-0.25, -0.2) is 0 Å². The molecule has 0 fully saturated rings. The lowest BCUT2D eigenvalue weighted by molar-refractivity contribution is -0.123. The minimum atomic E-state index is -0.217. The van der Waals surface area contributed by atoms with E-state index in [9.17, 15) is 4.79 Å². The van der Waals surface area contributed by atoms with Gasteiger partial charge in [-0.05, 0) is 24.6 Å². The number of hydrogen-bond donors (Lipinski definition) is 2. The van der Waals surface area contributed by atoms with E-state index in [0.29, 0.717) is 37.0 Å². The van der Waals surface area contributed by atoms with Crippen molar-refractivity contribution in [1.29, 1.82) is 0 Å². The molecule has 0 spiro atoms. The van der Waals surface area contributed by atoms with E-state index in [2.05, 4.69) is 21.2 Å². The molecule has 0 aromatic heterocycles. The highest BCUT2D eigenvalue weighted by Gasteiger charge is 2.05. The van der Waals surface area contributed by atoms with Crippen molar-refractivity contribution in [2.75, 3.05) is 33.0 Å². The summed E-state index contributed by atoms with van der Waals surface area (Å²) in [7, 11) is 0. The molecule has 0 atom stereocenters. The Kier molecular flexibility index (Phi) is 8.60. The Morgan fingerprint density at radius 1 is 1.40 bits per heavy atom. The van der Waals surface area contributed by atoms with Crippen LogP contribution >= 0.6 is 27.5 Å². The number of aliphatic hydroxyl groups excluding tert-OH is 1. The van der Waals surface area contributed by atoms with Gasteiger partial charge in [0.2, 0.25) is 0 Å². The molecule has 20 heavy (non-hydrogen) atoms. The number of aliphatic hydroxyl groups is 1. The van der Waals surface area contributed by atoms with Gasteiger partial charge in [0, 0.05) is 17.6 Å². The van der Waals surface area contributed by atoms with Crippen molar-refractivity contribution in [3.63, 3.8) is 0 Å². The maximum atomic E-state index is 11.5. The zero-order chi connectivity index (χ0) is 14.8. The van der Waals surface area contributed by atoms with Crippen LogP contribution < -0.4 is 10.1 Å². The molecule has 0 radical (unpaired) electrons. The Hall–Kier alpha value is -0.820. The summed E-state index contributed by atoms with van der Waals surface area (Å²) in [4.78, 5) is 11.5. The maximum Gasteiger partial charge on any atom is 0.257 e. The van der Waals surface area contributed by atoms with Gasteiger partial charge < -0.3 is 19.9 Å². The first-order valence-electron chi connectivity index (χ1n) is 6.16. The third-order valence-electron chi connectivity index (χ3n) is 2.28. The molecule has 0 heterocycles. The second kappa shape index (κ2) is 9.99. The highest BCUT2D eigenvalue weighted by atomic mass is 79.9. The van der Waals surface area contributed by atoms with E-state index in [0.717, 1.165) is 4.47 Å². The summed E-state index contributed by atoms with van der Waals surface area (Å²) in [5.41, 5.74) is 0. The Labute approximate surface area is 131 Å². The van der Waals surface area contributed by atoms with Gasteiger partial charge in [0.15, 0.2) is 6.61 Å². The van der Waals surface area contributed by atoms with E-state index in [1.54, 1.807) is 18.2 Å². The number of ether oxygens (including phenoxy) is 2. The second-order valence-corrected chi connectivity index (χ2v) is 5.23. The van der Waals surface area contributed by atoms with Crippen LogP contribution in [0.4, 0.5) is 0 Å². The zero-order valence-electron chi connectivity index (χ0n) is 10.9. The van der Waals surface area contributed by atoms with Crippen molar-refractivity contribution in [1.82, 2.24) is 5.32 Å². The third kappa shape index (κ3) is 7.09. The van der Waals surface area contributed by atoms with Gasteiger partial charge in [0.1, 0.15) is 5.75 Å². The third-order valence-corrected chi connectivity index (χ3v) is 3.06. The van der Waals surface area contributed by atoms with Gasteiger partial charge in [0.05, 0.1) is 18.2 Å². The van der Waals surface area contributed by atoms with Crippen LogP contribution in [0.25, 0.3) is 0 Å². The topological polar surface area (TPSA) is 67.8 Å². The smallest absolute Gasteiger partial charge is 0.257 e. The first-order valence-corrected chi connectivity index (χ1v) is 7.33. The maximum absolute atomic E-state index is 11.5. The molecule has 1 rings (SSSR count). The molecular formula is C13H17BrClNO4. The van der Waals surface area contributed by atoms with E-state index in [1.807, 2.05) is 0 Å². The molecular weight excluding hydrogens is 350 g/mol. The fourth-order valence-electron chi connectivity index (χ4n) is 1.36. The number of carbonyl (C=O) groups excluding carboxylic acids is 1. The van der Waals surface area contributed by atoms with Crippen molar-refractivity contribution in [3.8, 4) is 5.75 Å². The molecule has 1 aromatic carbocycles. The molecule has 1 amide bonds. The Morgan fingerprint density at radius 2 is 2.20 bits per heavy atom. The summed E-state index contributed by atoms with van der Waals surface area (Å²) in [5.74, 6) is 0.252. The fourth-order valence-corrected chi connectivity index (χ4v) is 2.08. The molecule has 0 bridgehead atoms. The summed E-state index contributed by atoms with van der Waals surface area (Å²) in [6.07, 6.45) is 0.685. The van der Waals surface area contributed by atoms with Crippen molar-refractivity contribution in [2.24, 2.45) is 0 Å². The Balaban J connectivity index is 2.16. The highest BCUT2D eigenvalue weighted by molar-refractivity contribution is 9.10. The van der Waals surface area contributed by atoms with Crippen molar-refractivity contribution in [2.45, 2.75) is 6.42 Å². The number of hydrogen-bond acceptors (Lipinski definition) is 4. The van der Waals surface area contributed by atoms with Crippen LogP contribution in [0.5, 0.6) is 5.75 Å². The molecule has 0 saturated carbocycles. The molecule has 0 aliphatic carbocycles. The monoisotopic (exact) mass is 365 g/mol. The zero-order valence-corrected chi connectivity index (χ0v) is 13.2. The average molecular weight is 367 g/mol. The molecule has 2 N–H and O–H groups in total. The molecule has 0 aliphatic heterocycles. The van der Waals surface area contributed by atoms with Crippen LogP contribution in [0.2, 0.25) is 5.02 Å². The van der Waals surface area contributed by atoms with Crippen LogP contribution in [-0.2, 0) is 9.53 Å². The van der Waals surface area contributed by atoms with Crippen LogP contribution in [0.3, 0.4) is 0 Å². The number of rotatable bonds is 9. The molecule has 5 nitrogen and oxygen atoms in total. The van der Waals surface area contributed by atoms with Crippen molar-refractivity contribution in [3.05, 3.63) is 27.7 Å². The predicted octanol–water partition coefficient (Wildman–Crippen LogP) is 2.00. The quantitative estimate of drug-likeness (QED) is 0.656. The summed E-state index contributed by atoms with van der Waals surface area (Å²) < 4.78 is 11.2. The van der Waals surface area contributed by atoms with Gasteiger partial charge in [0.25, 0.3) is 5.91 Å². The molecule has 0 saturated heterocycles. The molecule has 0 unspecified atom stereocenters. The Bertz CT molecular complexity index is 431. The predicted molar refractivity (Wildman–Crippen MR) is 80.2 cm³/mol. The standard InChI is InChI=1S/C13H17BrClNO4/c14-10-2-3-12(11(15)8-10)20-9-13(18)16-4-1-6-19-7-5-17/h2-3,8,17H,1,4-7,9H2,(H,16,18). The number of benzene rings is 1. The van der Waals surface area contributed by atoms with Crippen LogP contribution in [-0.4, -0.2) is 44.0 Å². The van der Waals surface area contributed by atoms with Gasteiger partial charge in [-0.1, -0.05) is 27.5 Å². The highest BCUT2D eigenvalue weighted by Crippen LogP contribution is 2.27. The summed E-state index contributed by atoms with van der Waals surface area (Å²) in [6.45, 7) is 1.24. The largest absolute Gasteiger partial charge is 0.482 e. The first-order chi connectivity index (χ1) is 9.63. The number of amides is 1. The summed E-state index contributed by atoms with van der Waals surface area (Å²) in [6, 6.07) is 5.19. The minimum Gasteiger partial charge on any atom is -0.482 e. The average Bonchev–Trinajstić information content (AvgIpc) is 2.41. The fraction of sp³-hybridized carbons (Fsp3) is 0.462. The van der Waals surface area contributed by atoms with Crippen LogP contribution in [0.1, 0.15) is 6.42 Å². The summed E-state index contributed by atoms with van der Waals surface area (Å²) >= 11 is 9.25. The van der Waals surface area contributed by atoms with Gasteiger partial charge in [-0.3, -0.25) is 4.79 Å². The normalized spacial score (nSPS) is 10.3. The molecule has 112 valence electrons. The lowest BCUT2D eigenvalue weighted by Gasteiger charge is -2.09. The summed E-state index contributed by atoms with van der Waals surface area (Å²) in [5, 5.41) is 11.7. The molecule has 0 aliphatic rings. The van der Waals surface area contributed by atoms with E-state index in [-0.39, 0.29) is 19.1 Å². The van der Waals surface area contributed by atoms with Crippen molar-refractivity contribution >= 4 is 33.4 Å². The van der Waals surface area contributed by atoms with E-state index in [1.165, 1.54) is 0 Å². The van der Waals surface area contributed by atoms with Gasteiger partial charge >= 0.3 is 0 Å². The number of nitrogens with one attached hydrogen (secondary N) is 1. The van der Waals surface area contributed by atoms with E-state index < -0.39 is 0 Å². The second-order valence-electron chi connectivity index (χ2n) is 3.90. The lowest BCUT2D eigenvalue weighted by atomic mass is 10.3. The van der Waals surface area contributed by atoms with Gasteiger partial charge in [-0.15, -0.1) is 0 Å². The number of halogens is 2. The number of carbonyl (C=O) groups is 1. The minimum absolute atomic E-state index is 0.00808. The van der Waals surface area contributed by atoms with Gasteiger partial charge in [-0.2, -0.15) is 0 Å². The SMILES string of the molecule is O=C(COc1ccc(Br)cc1Cl)NCCCOCCO. The molecule has 1 aromatic rings. The first kappa shape index (κ1) is 17.2.